The summed E-state index contributed by atoms with van der Waals surface area (Å²) in [7, 11) is 0. The van der Waals surface area contributed by atoms with Gasteiger partial charge in [0.1, 0.15) is 0 Å². The molecular formula is C15H20O. The fraction of sp³-hybridized carbons (Fsp3) is 0.467. The van der Waals surface area contributed by atoms with Crippen molar-refractivity contribution in [3.05, 3.63) is 48.0 Å². The van der Waals surface area contributed by atoms with Gasteiger partial charge in [0.2, 0.25) is 0 Å². The van der Waals surface area contributed by atoms with Gasteiger partial charge in [-0.05, 0) is 37.7 Å². The lowest BCUT2D eigenvalue weighted by atomic mass is 9.89. The smallest absolute Gasteiger partial charge is 0.0827 e. The molecule has 1 aromatic carbocycles. The van der Waals surface area contributed by atoms with Gasteiger partial charge in [-0.15, -0.1) is 6.58 Å². The Balaban J connectivity index is 2.03. The highest BCUT2D eigenvalue weighted by molar-refractivity contribution is 5.23. The van der Waals surface area contributed by atoms with Gasteiger partial charge in [-0.1, -0.05) is 35.9 Å². The normalized spacial score (nSPS) is 25.3. The molecule has 0 amide bonds. The topological polar surface area (TPSA) is 9.23 Å². The molecule has 1 saturated heterocycles. The van der Waals surface area contributed by atoms with E-state index in [1.54, 1.807) is 0 Å². The summed E-state index contributed by atoms with van der Waals surface area (Å²) in [5.74, 6) is 0.748. The van der Waals surface area contributed by atoms with Crippen molar-refractivity contribution in [3.63, 3.8) is 0 Å². The minimum absolute atomic E-state index is 0.291. The van der Waals surface area contributed by atoms with Gasteiger partial charge in [-0.3, -0.25) is 0 Å². The lowest BCUT2D eigenvalue weighted by molar-refractivity contribution is -0.00960. The number of benzene rings is 1. The van der Waals surface area contributed by atoms with Gasteiger partial charge in [0.05, 0.1) is 6.10 Å². The molecule has 0 spiro atoms. The van der Waals surface area contributed by atoms with E-state index in [2.05, 4.69) is 37.8 Å². The molecule has 1 nitrogen and oxygen atoms in total. The maximum absolute atomic E-state index is 5.85. The molecule has 2 rings (SSSR count). The summed E-state index contributed by atoms with van der Waals surface area (Å²) >= 11 is 0. The first-order chi connectivity index (χ1) is 7.79. The quantitative estimate of drug-likeness (QED) is 0.693. The lowest BCUT2D eigenvalue weighted by Crippen LogP contribution is -2.19. The molecule has 1 aliphatic heterocycles. The molecule has 16 heavy (non-hydrogen) atoms. The van der Waals surface area contributed by atoms with Crippen LogP contribution in [0.1, 0.15) is 36.5 Å². The Morgan fingerprint density at radius 1 is 1.38 bits per heavy atom. The molecule has 1 aliphatic rings. The van der Waals surface area contributed by atoms with Crippen molar-refractivity contribution in [1.82, 2.24) is 0 Å². The molecule has 0 aromatic heterocycles. The van der Waals surface area contributed by atoms with Crippen LogP contribution in [0.2, 0.25) is 0 Å². The molecule has 0 saturated carbocycles. The first-order valence-corrected chi connectivity index (χ1v) is 6.08. The van der Waals surface area contributed by atoms with Crippen LogP contribution in [0.15, 0.2) is 36.9 Å². The molecule has 2 unspecified atom stereocenters. The third-order valence-electron chi connectivity index (χ3n) is 3.34. The first kappa shape index (κ1) is 11.4. The van der Waals surface area contributed by atoms with Crippen molar-refractivity contribution in [2.75, 3.05) is 6.61 Å². The lowest BCUT2D eigenvalue weighted by Gasteiger charge is -2.29. The monoisotopic (exact) mass is 216 g/mol. The average molecular weight is 216 g/mol. The van der Waals surface area contributed by atoms with Gasteiger partial charge in [0, 0.05) is 6.61 Å². The van der Waals surface area contributed by atoms with Crippen molar-refractivity contribution >= 4 is 0 Å². The number of hydrogen-bond donors (Lipinski definition) is 0. The number of aryl methyl sites for hydroxylation is 1. The molecule has 1 fully saturated rings. The fourth-order valence-electron chi connectivity index (χ4n) is 2.33. The SMILES string of the molecule is C=CCC1CCOC(c2ccc(C)cc2)C1. The maximum Gasteiger partial charge on any atom is 0.0827 e. The van der Waals surface area contributed by atoms with Crippen molar-refractivity contribution in [2.24, 2.45) is 5.92 Å². The van der Waals surface area contributed by atoms with Crippen molar-refractivity contribution < 1.29 is 4.74 Å². The summed E-state index contributed by atoms with van der Waals surface area (Å²) in [5, 5.41) is 0. The van der Waals surface area contributed by atoms with E-state index in [0.717, 1.165) is 25.4 Å². The molecular weight excluding hydrogens is 196 g/mol. The molecule has 0 N–H and O–H groups in total. The summed E-state index contributed by atoms with van der Waals surface area (Å²) in [6.45, 7) is 6.83. The van der Waals surface area contributed by atoms with Crippen molar-refractivity contribution in [3.8, 4) is 0 Å². The Morgan fingerprint density at radius 2 is 2.12 bits per heavy atom. The molecule has 1 heteroatoms. The van der Waals surface area contributed by atoms with E-state index >= 15 is 0 Å². The van der Waals surface area contributed by atoms with Crippen molar-refractivity contribution in [1.29, 1.82) is 0 Å². The zero-order valence-electron chi connectivity index (χ0n) is 9.99. The predicted octanol–water partition coefficient (Wildman–Crippen LogP) is 4.04. The summed E-state index contributed by atoms with van der Waals surface area (Å²) < 4.78 is 5.85. The predicted molar refractivity (Wildman–Crippen MR) is 67.4 cm³/mol. The molecule has 0 aliphatic carbocycles. The third-order valence-corrected chi connectivity index (χ3v) is 3.34. The summed E-state index contributed by atoms with van der Waals surface area (Å²) in [6, 6.07) is 8.71. The van der Waals surface area contributed by atoms with Crippen LogP contribution in [0.4, 0.5) is 0 Å². The summed E-state index contributed by atoms with van der Waals surface area (Å²) in [4.78, 5) is 0. The minimum atomic E-state index is 0.291. The molecule has 0 bridgehead atoms. The van der Waals surface area contributed by atoms with E-state index in [-0.39, 0.29) is 0 Å². The van der Waals surface area contributed by atoms with E-state index in [0.29, 0.717) is 6.10 Å². The fourth-order valence-corrected chi connectivity index (χ4v) is 2.33. The van der Waals surface area contributed by atoms with Gasteiger partial charge in [0.25, 0.3) is 0 Å². The van der Waals surface area contributed by atoms with Crippen LogP contribution in [0.5, 0.6) is 0 Å². The summed E-state index contributed by atoms with van der Waals surface area (Å²) in [5.41, 5.74) is 2.63. The molecule has 1 aromatic rings. The van der Waals surface area contributed by atoms with Crippen LogP contribution >= 0.6 is 0 Å². The van der Waals surface area contributed by atoms with Crippen LogP contribution in [0, 0.1) is 12.8 Å². The second-order valence-electron chi connectivity index (χ2n) is 4.68. The third kappa shape index (κ3) is 2.73. The highest BCUT2D eigenvalue weighted by Crippen LogP contribution is 2.33. The minimum Gasteiger partial charge on any atom is -0.374 e. The van der Waals surface area contributed by atoms with E-state index in [1.807, 2.05) is 6.08 Å². The van der Waals surface area contributed by atoms with Crippen LogP contribution in [0.3, 0.4) is 0 Å². The number of ether oxygens (including phenoxy) is 1. The van der Waals surface area contributed by atoms with Crippen LogP contribution in [-0.2, 0) is 4.74 Å². The van der Waals surface area contributed by atoms with E-state index in [4.69, 9.17) is 4.74 Å². The first-order valence-electron chi connectivity index (χ1n) is 6.08. The Morgan fingerprint density at radius 3 is 2.81 bits per heavy atom. The number of allylic oxidation sites excluding steroid dienone is 1. The van der Waals surface area contributed by atoms with Gasteiger partial charge in [0.15, 0.2) is 0 Å². The second kappa shape index (κ2) is 5.31. The highest BCUT2D eigenvalue weighted by Gasteiger charge is 2.22. The zero-order valence-corrected chi connectivity index (χ0v) is 9.99. The number of rotatable bonds is 3. The molecule has 2 atom stereocenters. The number of hydrogen-bond acceptors (Lipinski definition) is 1. The average Bonchev–Trinajstić information content (AvgIpc) is 2.31. The van der Waals surface area contributed by atoms with Gasteiger partial charge < -0.3 is 4.74 Å². The maximum atomic E-state index is 5.85. The Bertz CT molecular complexity index is 339. The van der Waals surface area contributed by atoms with Crippen LogP contribution in [0.25, 0.3) is 0 Å². The van der Waals surface area contributed by atoms with Gasteiger partial charge >= 0.3 is 0 Å². The molecule has 86 valence electrons. The zero-order chi connectivity index (χ0) is 11.4. The van der Waals surface area contributed by atoms with Crippen LogP contribution in [-0.4, -0.2) is 6.61 Å². The van der Waals surface area contributed by atoms with E-state index in [9.17, 15) is 0 Å². The Kier molecular flexibility index (Phi) is 3.79. The second-order valence-corrected chi connectivity index (χ2v) is 4.68. The molecule has 0 radical (unpaired) electrons. The molecule has 1 heterocycles. The highest BCUT2D eigenvalue weighted by atomic mass is 16.5. The standard InChI is InChI=1S/C15H20O/c1-3-4-13-9-10-16-15(11-13)14-7-5-12(2)6-8-14/h3,5-8,13,15H,1,4,9-11H2,2H3. The largest absolute Gasteiger partial charge is 0.374 e. The van der Waals surface area contributed by atoms with E-state index in [1.165, 1.54) is 17.5 Å². The Labute approximate surface area is 98.1 Å². The van der Waals surface area contributed by atoms with Gasteiger partial charge in [-0.2, -0.15) is 0 Å². The van der Waals surface area contributed by atoms with Crippen molar-refractivity contribution in [2.45, 2.75) is 32.3 Å². The van der Waals surface area contributed by atoms with E-state index < -0.39 is 0 Å². The Hall–Kier alpha value is -1.08. The van der Waals surface area contributed by atoms with Crippen LogP contribution < -0.4 is 0 Å². The summed E-state index contributed by atoms with van der Waals surface area (Å²) in [6.07, 6.45) is 5.75. The van der Waals surface area contributed by atoms with Gasteiger partial charge in [-0.25, -0.2) is 0 Å².